The lowest BCUT2D eigenvalue weighted by molar-refractivity contribution is 0.251. The fourth-order valence-electron chi connectivity index (χ4n) is 0.387. The van der Waals surface area contributed by atoms with Gasteiger partial charge in [-0.3, -0.25) is 0 Å². The Morgan fingerprint density at radius 2 is 2.29 bits per heavy atom. The quantitative estimate of drug-likeness (QED) is 0.426. The van der Waals surface area contributed by atoms with E-state index in [1.807, 2.05) is 0 Å². The zero-order chi connectivity index (χ0) is 5.70. The Kier molecular flexibility index (Phi) is 4.67. The molecule has 0 saturated carbocycles. The molecular weight excluding hydrogens is 108 g/mol. The second kappa shape index (κ2) is 4.47. The van der Waals surface area contributed by atoms with Gasteiger partial charge < -0.3 is 5.11 Å². The van der Waals surface area contributed by atoms with Crippen molar-refractivity contribution in [3.8, 4) is 0 Å². The van der Waals surface area contributed by atoms with Crippen molar-refractivity contribution in [1.29, 1.82) is 0 Å². The zero-order valence-corrected chi connectivity index (χ0v) is 5.49. The Labute approximate surface area is 50.1 Å². The number of rotatable bonds is 3. The lowest BCUT2D eigenvalue weighted by Gasteiger charge is -1.97. The van der Waals surface area contributed by atoms with Gasteiger partial charge in [0, 0.05) is 0 Å². The highest BCUT2D eigenvalue weighted by atomic mass is 32.1. The number of aliphatic hydroxyl groups is 1. The Morgan fingerprint density at radius 3 is 2.43 bits per heavy atom. The van der Waals surface area contributed by atoms with Crippen molar-refractivity contribution in [3.63, 3.8) is 0 Å². The number of hydrogen-bond acceptors (Lipinski definition) is 2. The minimum atomic E-state index is -0.403. The van der Waals surface area contributed by atoms with Crippen LogP contribution in [0.5, 0.6) is 0 Å². The maximum atomic E-state index is 8.55. The summed E-state index contributed by atoms with van der Waals surface area (Å²) in [4.78, 5) is 0. The van der Waals surface area contributed by atoms with Crippen molar-refractivity contribution in [3.05, 3.63) is 0 Å². The molecule has 0 aromatic heterocycles. The molecule has 0 unspecified atom stereocenters. The van der Waals surface area contributed by atoms with Crippen LogP contribution in [0.2, 0.25) is 0 Å². The summed E-state index contributed by atoms with van der Waals surface area (Å²) in [7, 11) is 0. The SMILES string of the molecule is CCCC[C@H](O)S. The van der Waals surface area contributed by atoms with Gasteiger partial charge in [-0.25, -0.2) is 0 Å². The molecule has 0 rings (SSSR count). The average molecular weight is 120 g/mol. The van der Waals surface area contributed by atoms with E-state index in [1.54, 1.807) is 0 Å². The molecule has 44 valence electrons. The topological polar surface area (TPSA) is 20.2 Å². The Balaban J connectivity index is 2.68. The Hall–Kier alpha value is 0.310. The van der Waals surface area contributed by atoms with Gasteiger partial charge >= 0.3 is 0 Å². The van der Waals surface area contributed by atoms with E-state index in [0.717, 1.165) is 19.3 Å². The van der Waals surface area contributed by atoms with Gasteiger partial charge in [0.1, 0.15) is 0 Å². The van der Waals surface area contributed by atoms with Crippen molar-refractivity contribution in [1.82, 2.24) is 0 Å². The summed E-state index contributed by atoms with van der Waals surface area (Å²) in [6.07, 6.45) is 3.03. The van der Waals surface area contributed by atoms with Crippen LogP contribution in [0.4, 0.5) is 0 Å². The third-order valence-corrected chi connectivity index (χ3v) is 1.07. The number of aliphatic hydroxyl groups excluding tert-OH is 1. The predicted octanol–water partition coefficient (Wildman–Crippen LogP) is 1.42. The highest BCUT2D eigenvalue weighted by molar-refractivity contribution is 7.80. The third kappa shape index (κ3) is 6.31. The second-order valence-electron chi connectivity index (χ2n) is 1.62. The summed E-state index contributed by atoms with van der Waals surface area (Å²) in [5.41, 5.74) is -0.403. The van der Waals surface area contributed by atoms with Crippen LogP contribution in [0.15, 0.2) is 0 Å². The van der Waals surface area contributed by atoms with Gasteiger partial charge in [0.2, 0.25) is 0 Å². The first kappa shape index (κ1) is 7.31. The van der Waals surface area contributed by atoms with E-state index in [-0.39, 0.29) is 0 Å². The molecule has 0 aliphatic carbocycles. The predicted molar refractivity (Wildman–Crippen MR) is 34.5 cm³/mol. The smallest absolute Gasteiger partial charge is 0.0964 e. The molecule has 0 aliphatic rings. The maximum Gasteiger partial charge on any atom is 0.0964 e. The zero-order valence-electron chi connectivity index (χ0n) is 4.59. The summed E-state index contributed by atoms with van der Waals surface area (Å²) >= 11 is 3.79. The van der Waals surface area contributed by atoms with E-state index < -0.39 is 5.44 Å². The van der Waals surface area contributed by atoms with Crippen molar-refractivity contribution in [2.24, 2.45) is 0 Å². The molecule has 0 saturated heterocycles. The fourth-order valence-corrected chi connectivity index (χ4v) is 0.569. The first-order chi connectivity index (χ1) is 3.27. The molecule has 0 heterocycles. The number of hydrogen-bond donors (Lipinski definition) is 2. The highest BCUT2D eigenvalue weighted by Gasteiger charge is 1.91. The van der Waals surface area contributed by atoms with Crippen molar-refractivity contribution < 1.29 is 5.11 Å². The fraction of sp³-hybridized carbons (Fsp3) is 1.00. The minimum absolute atomic E-state index is 0.403. The largest absolute Gasteiger partial charge is 0.383 e. The van der Waals surface area contributed by atoms with Crippen LogP contribution < -0.4 is 0 Å². The maximum absolute atomic E-state index is 8.55. The van der Waals surface area contributed by atoms with Crippen molar-refractivity contribution >= 4 is 12.6 Å². The molecule has 1 nitrogen and oxygen atoms in total. The first-order valence-corrected chi connectivity index (χ1v) is 3.15. The van der Waals surface area contributed by atoms with E-state index in [0.29, 0.717) is 0 Å². The van der Waals surface area contributed by atoms with Gasteiger partial charge in [-0.2, -0.15) is 0 Å². The van der Waals surface area contributed by atoms with Crippen LogP contribution in [0, 0.1) is 0 Å². The molecule has 7 heavy (non-hydrogen) atoms. The third-order valence-electron chi connectivity index (χ3n) is 0.816. The van der Waals surface area contributed by atoms with Gasteiger partial charge in [0.25, 0.3) is 0 Å². The summed E-state index contributed by atoms with van der Waals surface area (Å²) in [5.74, 6) is 0. The molecule has 1 N–H and O–H groups in total. The van der Waals surface area contributed by atoms with Crippen LogP contribution in [-0.4, -0.2) is 10.5 Å². The van der Waals surface area contributed by atoms with E-state index in [4.69, 9.17) is 5.11 Å². The summed E-state index contributed by atoms with van der Waals surface area (Å²) in [5, 5.41) is 8.55. The van der Waals surface area contributed by atoms with E-state index >= 15 is 0 Å². The standard InChI is InChI=1S/C5H12OS/c1-2-3-4-5(6)7/h5-7H,2-4H2,1H3/t5-/m1/s1. The van der Waals surface area contributed by atoms with Gasteiger partial charge in [0.05, 0.1) is 5.44 Å². The normalized spacial score (nSPS) is 14.1. The molecule has 1 atom stereocenters. The number of thiol groups is 1. The van der Waals surface area contributed by atoms with E-state index in [9.17, 15) is 0 Å². The second-order valence-corrected chi connectivity index (χ2v) is 2.22. The molecule has 0 spiro atoms. The van der Waals surface area contributed by atoms with Crippen molar-refractivity contribution in [2.75, 3.05) is 0 Å². The van der Waals surface area contributed by atoms with Gasteiger partial charge in [-0.05, 0) is 6.42 Å². The summed E-state index contributed by atoms with van der Waals surface area (Å²) in [6.45, 7) is 2.09. The summed E-state index contributed by atoms with van der Waals surface area (Å²) in [6, 6.07) is 0. The molecule has 0 amide bonds. The average Bonchev–Trinajstić information content (AvgIpc) is 1.61. The summed E-state index contributed by atoms with van der Waals surface area (Å²) < 4.78 is 0. The first-order valence-electron chi connectivity index (χ1n) is 2.63. The Morgan fingerprint density at radius 1 is 1.71 bits per heavy atom. The molecule has 0 bridgehead atoms. The molecule has 0 radical (unpaired) electrons. The lowest BCUT2D eigenvalue weighted by atomic mass is 10.3. The van der Waals surface area contributed by atoms with Gasteiger partial charge in [0.15, 0.2) is 0 Å². The monoisotopic (exact) mass is 120 g/mol. The van der Waals surface area contributed by atoms with Crippen LogP contribution in [-0.2, 0) is 0 Å². The van der Waals surface area contributed by atoms with E-state index in [1.165, 1.54) is 0 Å². The molecule has 2 heteroatoms. The molecule has 0 aromatic carbocycles. The lowest BCUT2D eigenvalue weighted by Crippen LogP contribution is -1.93. The van der Waals surface area contributed by atoms with Crippen LogP contribution in [0.3, 0.4) is 0 Å². The molecule has 0 aromatic rings. The van der Waals surface area contributed by atoms with Crippen LogP contribution in [0.25, 0.3) is 0 Å². The minimum Gasteiger partial charge on any atom is -0.383 e. The molecule has 0 aliphatic heterocycles. The molecule has 0 fully saturated rings. The molecular formula is C5H12OS. The Bertz CT molecular complexity index is 37.1. The highest BCUT2D eigenvalue weighted by Crippen LogP contribution is 2.01. The van der Waals surface area contributed by atoms with E-state index in [2.05, 4.69) is 19.6 Å². The van der Waals surface area contributed by atoms with Gasteiger partial charge in [-0.1, -0.05) is 19.8 Å². The van der Waals surface area contributed by atoms with Crippen molar-refractivity contribution in [2.45, 2.75) is 31.6 Å². The van der Waals surface area contributed by atoms with Crippen LogP contribution in [0.1, 0.15) is 26.2 Å². The van der Waals surface area contributed by atoms with Crippen LogP contribution >= 0.6 is 12.6 Å². The number of unbranched alkanes of at least 4 members (excludes halogenated alkanes) is 1. The van der Waals surface area contributed by atoms with Gasteiger partial charge in [-0.15, -0.1) is 12.6 Å².